The second-order valence-corrected chi connectivity index (χ2v) is 6.41. The van der Waals surface area contributed by atoms with Crippen molar-refractivity contribution in [2.45, 2.75) is 13.8 Å². The van der Waals surface area contributed by atoms with E-state index in [-0.39, 0.29) is 12.5 Å². The summed E-state index contributed by atoms with van der Waals surface area (Å²) >= 11 is 0. The van der Waals surface area contributed by atoms with E-state index in [1.807, 2.05) is 37.3 Å². The number of carbonyl (C=O) groups excluding carboxylic acids is 2. The molecule has 0 heterocycles. The fourth-order valence-corrected chi connectivity index (χ4v) is 2.85. The summed E-state index contributed by atoms with van der Waals surface area (Å²) in [4.78, 5) is 24.9. The molecule has 0 aliphatic heterocycles. The monoisotopic (exact) mass is 404 g/mol. The molecular formula is C24H24N2O4. The number of carbonyl (C=O) groups is 2. The number of esters is 1. The standard InChI is InChI=1S/C24H24N2O4/c1-3-25-21-14-13-18(24(28)29-4-2)16-22(21)26-23(27)17-9-8-12-20(15-17)30-19-10-6-5-7-11-19/h5-16,25H,3-4H2,1-2H3,(H,26,27). The Morgan fingerprint density at radius 2 is 1.57 bits per heavy atom. The molecule has 0 spiro atoms. The fourth-order valence-electron chi connectivity index (χ4n) is 2.85. The Morgan fingerprint density at radius 1 is 0.800 bits per heavy atom. The first-order valence-corrected chi connectivity index (χ1v) is 9.80. The van der Waals surface area contributed by atoms with Crippen LogP contribution >= 0.6 is 0 Å². The van der Waals surface area contributed by atoms with Gasteiger partial charge in [-0.2, -0.15) is 0 Å². The Balaban J connectivity index is 1.81. The molecule has 0 radical (unpaired) electrons. The van der Waals surface area contributed by atoms with Crippen molar-refractivity contribution in [3.8, 4) is 11.5 Å². The molecule has 0 unspecified atom stereocenters. The first kappa shape index (κ1) is 20.9. The molecule has 6 heteroatoms. The topological polar surface area (TPSA) is 76.7 Å². The van der Waals surface area contributed by atoms with Gasteiger partial charge >= 0.3 is 5.97 Å². The average molecular weight is 404 g/mol. The van der Waals surface area contributed by atoms with Crippen LogP contribution in [0.25, 0.3) is 0 Å². The lowest BCUT2D eigenvalue weighted by Gasteiger charge is -2.14. The van der Waals surface area contributed by atoms with Crippen molar-refractivity contribution in [2.75, 3.05) is 23.8 Å². The van der Waals surface area contributed by atoms with Crippen molar-refractivity contribution in [3.05, 3.63) is 83.9 Å². The summed E-state index contributed by atoms with van der Waals surface area (Å²) in [6.45, 7) is 4.65. The van der Waals surface area contributed by atoms with Gasteiger partial charge in [-0.25, -0.2) is 4.79 Å². The minimum absolute atomic E-state index is 0.281. The predicted octanol–water partition coefficient (Wildman–Crippen LogP) is 5.34. The molecule has 6 nitrogen and oxygen atoms in total. The maximum Gasteiger partial charge on any atom is 0.338 e. The molecule has 0 aromatic heterocycles. The maximum atomic E-state index is 12.9. The summed E-state index contributed by atoms with van der Waals surface area (Å²) in [7, 11) is 0. The highest BCUT2D eigenvalue weighted by Crippen LogP contribution is 2.26. The predicted molar refractivity (Wildman–Crippen MR) is 117 cm³/mol. The number of para-hydroxylation sites is 1. The number of nitrogens with one attached hydrogen (secondary N) is 2. The third-order valence-corrected chi connectivity index (χ3v) is 4.22. The molecule has 1 amide bonds. The fraction of sp³-hybridized carbons (Fsp3) is 0.167. The van der Waals surface area contributed by atoms with Crippen molar-refractivity contribution in [3.63, 3.8) is 0 Å². The molecule has 30 heavy (non-hydrogen) atoms. The van der Waals surface area contributed by atoms with E-state index in [9.17, 15) is 9.59 Å². The van der Waals surface area contributed by atoms with Crippen LogP contribution in [0.1, 0.15) is 34.6 Å². The second kappa shape index (κ2) is 10.1. The van der Waals surface area contributed by atoms with E-state index in [0.29, 0.717) is 34.9 Å². The number of anilines is 2. The maximum absolute atomic E-state index is 12.9. The highest BCUT2D eigenvalue weighted by Gasteiger charge is 2.14. The van der Waals surface area contributed by atoms with E-state index in [2.05, 4.69) is 10.6 Å². The van der Waals surface area contributed by atoms with Gasteiger partial charge < -0.3 is 20.1 Å². The van der Waals surface area contributed by atoms with Gasteiger partial charge in [0, 0.05) is 12.1 Å². The minimum atomic E-state index is -0.436. The smallest absolute Gasteiger partial charge is 0.338 e. The van der Waals surface area contributed by atoms with Gasteiger partial charge in [-0.3, -0.25) is 4.79 Å². The molecule has 0 aliphatic carbocycles. The van der Waals surface area contributed by atoms with E-state index < -0.39 is 5.97 Å². The van der Waals surface area contributed by atoms with Crippen LogP contribution in [0.4, 0.5) is 11.4 Å². The van der Waals surface area contributed by atoms with Crippen LogP contribution in [0.2, 0.25) is 0 Å². The zero-order valence-electron chi connectivity index (χ0n) is 17.0. The molecule has 0 bridgehead atoms. The lowest BCUT2D eigenvalue weighted by Crippen LogP contribution is -2.15. The average Bonchev–Trinajstić information content (AvgIpc) is 2.76. The number of rotatable bonds is 8. The van der Waals surface area contributed by atoms with Crippen molar-refractivity contribution in [1.82, 2.24) is 0 Å². The Bertz CT molecular complexity index is 1020. The van der Waals surface area contributed by atoms with Gasteiger partial charge in [0.25, 0.3) is 5.91 Å². The SMILES string of the molecule is CCNc1ccc(C(=O)OCC)cc1NC(=O)c1cccc(Oc2ccccc2)c1. The van der Waals surface area contributed by atoms with Crippen molar-refractivity contribution >= 4 is 23.3 Å². The Morgan fingerprint density at radius 3 is 2.30 bits per heavy atom. The van der Waals surface area contributed by atoms with Gasteiger partial charge in [0.05, 0.1) is 23.5 Å². The highest BCUT2D eigenvalue weighted by molar-refractivity contribution is 6.07. The Hall–Kier alpha value is -3.80. The summed E-state index contributed by atoms with van der Waals surface area (Å²) in [5.41, 5.74) is 2.03. The van der Waals surface area contributed by atoms with Crippen LogP contribution in [-0.4, -0.2) is 25.0 Å². The third kappa shape index (κ3) is 5.38. The van der Waals surface area contributed by atoms with Crippen LogP contribution in [-0.2, 0) is 4.74 Å². The van der Waals surface area contributed by atoms with Gasteiger partial charge in [-0.15, -0.1) is 0 Å². The zero-order valence-corrected chi connectivity index (χ0v) is 17.0. The quantitative estimate of drug-likeness (QED) is 0.496. The van der Waals surface area contributed by atoms with Crippen LogP contribution in [0.3, 0.4) is 0 Å². The number of benzene rings is 3. The second-order valence-electron chi connectivity index (χ2n) is 6.41. The van der Waals surface area contributed by atoms with Gasteiger partial charge in [-0.1, -0.05) is 24.3 Å². The Kier molecular flexibility index (Phi) is 7.05. The summed E-state index contributed by atoms with van der Waals surface area (Å²) in [5, 5.41) is 6.06. The summed E-state index contributed by atoms with van der Waals surface area (Å²) < 4.78 is 10.9. The Labute approximate surface area is 175 Å². The summed E-state index contributed by atoms with van der Waals surface area (Å²) in [5.74, 6) is 0.496. The molecule has 0 aliphatic rings. The lowest BCUT2D eigenvalue weighted by atomic mass is 10.1. The molecule has 0 fully saturated rings. The summed E-state index contributed by atoms with van der Waals surface area (Å²) in [6.07, 6.45) is 0. The van der Waals surface area contributed by atoms with E-state index in [1.54, 1.807) is 49.4 Å². The molecule has 3 aromatic carbocycles. The first-order valence-electron chi connectivity index (χ1n) is 9.80. The van der Waals surface area contributed by atoms with Gasteiger partial charge in [0.2, 0.25) is 0 Å². The normalized spacial score (nSPS) is 10.2. The molecule has 154 valence electrons. The first-order chi connectivity index (χ1) is 14.6. The number of amides is 1. The minimum Gasteiger partial charge on any atom is -0.462 e. The molecule has 0 saturated carbocycles. The summed E-state index contributed by atoms with van der Waals surface area (Å²) in [6, 6.07) is 21.3. The lowest BCUT2D eigenvalue weighted by molar-refractivity contribution is 0.0526. The van der Waals surface area contributed by atoms with Gasteiger partial charge in [0.1, 0.15) is 11.5 Å². The van der Waals surface area contributed by atoms with E-state index in [1.165, 1.54) is 0 Å². The van der Waals surface area contributed by atoms with Crippen molar-refractivity contribution in [2.24, 2.45) is 0 Å². The number of hydrogen-bond acceptors (Lipinski definition) is 5. The molecule has 2 N–H and O–H groups in total. The van der Waals surface area contributed by atoms with Crippen molar-refractivity contribution in [1.29, 1.82) is 0 Å². The molecular weight excluding hydrogens is 380 g/mol. The molecule has 0 atom stereocenters. The number of hydrogen-bond donors (Lipinski definition) is 2. The van der Waals surface area contributed by atoms with Gasteiger partial charge in [-0.05, 0) is 62.4 Å². The third-order valence-electron chi connectivity index (χ3n) is 4.22. The largest absolute Gasteiger partial charge is 0.462 e. The zero-order chi connectivity index (χ0) is 21.3. The molecule has 3 aromatic rings. The molecule has 3 rings (SSSR count). The van der Waals surface area contributed by atoms with Gasteiger partial charge in [0.15, 0.2) is 0 Å². The van der Waals surface area contributed by atoms with Crippen LogP contribution in [0.5, 0.6) is 11.5 Å². The van der Waals surface area contributed by atoms with Crippen molar-refractivity contribution < 1.29 is 19.1 Å². The molecule has 0 saturated heterocycles. The van der Waals surface area contributed by atoms with E-state index in [4.69, 9.17) is 9.47 Å². The van der Waals surface area contributed by atoms with E-state index >= 15 is 0 Å². The van der Waals surface area contributed by atoms with Crippen LogP contribution in [0.15, 0.2) is 72.8 Å². The van der Waals surface area contributed by atoms with Crippen LogP contribution < -0.4 is 15.4 Å². The highest BCUT2D eigenvalue weighted by atomic mass is 16.5. The van der Waals surface area contributed by atoms with Crippen LogP contribution in [0, 0.1) is 0 Å². The van der Waals surface area contributed by atoms with E-state index in [0.717, 1.165) is 5.69 Å². The number of ether oxygens (including phenoxy) is 2.